The molecular formula is C23H29N5O3. The van der Waals surface area contributed by atoms with Crippen molar-refractivity contribution in [3.63, 3.8) is 0 Å². The second-order valence-corrected chi connectivity index (χ2v) is 8.64. The number of hydrogen-bond donors (Lipinski definition) is 1. The summed E-state index contributed by atoms with van der Waals surface area (Å²) in [6, 6.07) is 9.86. The third-order valence-corrected chi connectivity index (χ3v) is 6.34. The quantitative estimate of drug-likeness (QED) is 0.795. The number of H-pyrrole nitrogens is 1. The molecule has 0 bridgehead atoms. The van der Waals surface area contributed by atoms with Crippen molar-refractivity contribution in [3.8, 4) is 0 Å². The molecule has 0 unspecified atom stereocenters. The molecule has 3 heterocycles. The SMILES string of the molecule is CN1C[C@@H](C(=O)N2CCC[C@H](c3[nH]ncc3C(=O)N(C)Cc3ccccc3)C2)CC1=O. The molecule has 2 atom stereocenters. The molecule has 1 aromatic carbocycles. The molecule has 2 aliphatic rings. The zero-order valence-electron chi connectivity index (χ0n) is 18.1. The number of benzene rings is 1. The van der Waals surface area contributed by atoms with Gasteiger partial charge in [-0.15, -0.1) is 0 Å². The summed E-state index contributed by atoms with van der Waals surface area (Å²) in [5, 5.41) is 7.17. The number of rotatable bonds is 5. The molecule has 0 aliphatic carbocycles. The fraction of sp³-hybridized carbons (Fsp3) is 0.478. The van der Waals surface area contributed by atoms with Crippen molar-refractivity contribution in [2.75, 3.05) is 33.7 Å². The van der Waals surface area contributed by atoms with Gasteiger partial charge in [-0.2, -0.15) is 5.10 Å². The Kier molecular flexibility index (Phi) is 6.06. The molecule has 1 aromatic heterocycles. The number of nitrogens with zero attached hydrogens (tertiary/aromatic N) is 4. The topological polar surface area (TPSA) is 89.6 Å². The van der Waals surface area contributed by atoms with Crippen LogP contribution in [0.15, 0.2) is 36.5 Å². The van der Waals surface area contributed by atoms with Crippen molar-refractivity contribution in [1.29, 1.82) is 0 Å². The highest BCUT2D eigenvalue weighted by atomic mass is 16.2. The van der Waals surface area contributed by atoms with Gasteiger partial charge >= 0.3 is 0 Å². The standard InChI is InChI=1S/C23H29N5O3/c1-26-14-18(11-20(26)29)22(30)28-10-6-9-17(15-28)21-19(12-24-25-21)23(31)27(2)13-16-7-4-3-5-8-16/h3-5,7-8,12,17-18H,6,9-11,13-15H2,1-2H3,(H,24,25)/t17-,18-/m0/s1. The predicted octanol–water partition coefficient (Wildman–Crippen LogP) is 1.87. The third kappa shape index (κ3) is 4.47. The Balaban J connectivity index is 1.44. The zero-order valence-corrected chi connectivity index (χ0v) is 18.1. The van der Waals surface area contributed by atoms with Crippen LogP contribution in [0.2, 0.25) is 0 Å². The van der Waals surface area contributed by atoms with Crippen LogP contribution in [-0.2, 0) is 16.1 Å². The van der Waals surface area contributed by atoms with Crippen molar-refractivity contribution in [3.05, 3.63) is 53.3 Å². The Morgan fingerprint density at radius 3 is 2.71 bits per heavy atom. The van der Waals surface area contributed by atoms with Crippen LogP contribution in [-0.4, -0.2) is 76.3 Å². The summed E-state index contributed by atoms with van der Waals surface area (Å²) in [6.45, 7) is 2.23. The molecule has 164 valence electrons. The van der Waals surface area contributed by atoms with E-state index in [9.17, 15) is 14.4 Å². The van der Waals surface area contributed by atoms with Gasteiger partial charge in [-0.1, -0.05) is 30.3 Å². The molecule has 2 saturated heterocycles. The van der Waals surface area contributed by atoms with E-state index in [0.29, 0.717) is 31.7 Å². The molecular weight excluding hydrogens is 394 g/mol. The van der Waals surface area contributed by atoms with Gasteiger partial charge < -0.3 is 14.7 Å². The van der Waals surface area contributed by atoms with E-state index in [0.717, 1.165) is 24.1 Å². The highest BCUT2D eigenvalue weighted by Crippen LogP contribution is 2.30. The molecule has 31 heavy (non-hydrogen) atoms. The first-order valence-electron chi connectivity index (χ1n) is 10.8. The molecule has 2 fully saturated rings. The molecule has 3 amide bonds. The number of carbonyl (C=O) groups is 3. The van der Waals surface area contributed by atoms with Crippen molar-refractivity contribution in [2.45, 2.75) is 31.7 Å². The lowest BCUT2D eigenvalue weighted by atomic mass is 9.91. The highest BCUT2D eigenvalue weighted by Gasteiger charge is 2.37. The largest absolute Gasteiger partial charge is 0.345 e. The minimum atomic E-state index is -0.267. The van der Waals surface area contributed by atoms with Crippen LogP contribution in [0.4, 0.5) is 0 Å². The Hall–Kier alpha value is -3.16. The third-order valence-electron chi connectivity index (χ3n) is 6.34. The lowest BCUT2D eigenvalue weighted by molar-refractivity contribution is -0.137. The minimum absolute atomic E-state index is 0.0230. The summed E-state index contributed by atoms with van der Waals surface area (Å²) in [7, 11) is 3.53. The van der Waals surface area contributed by atoms with Crippen LogP contribution in [0.25, 0.3) is 0 Å². The van der Waals surface area contributed by atoms with E-state index in [-0.39, 0.29) is 36.0 Å². The average molecular weight is 424 g/mol. The Bertz CT molecular complexity index is 957. The van der Waals surface area contributed by atoms with Crippen LogP contribution >= 0.6 is 0 Å². The molecule has 0 saturated carbocycles. The molecule has 2 aromatic rings. The summed E-state index contributed by atoms with van der Waals surface area (Å²) >= 11 is 0. The smallest absolute Gasteiger partial charge is 0.257 e. The zero-order chi connectivity index (χ0) is 22.0. The van der Waals surface area contributed by atoms with E-state index in [2.05, 4.69) is 10.2 Å². The van der Waals surface area contributed by atoms with Crippen molar-refractivity contribution >= 4 is 17.7 Å². The number of nitrogens with one attached hydrogen (secondary N) is 1. The second-order valence-electron chi connectivity index (χ2n) is 8.64. The van der Waals surface area contributed by atoms with Crippen molar-refractivity contribution in [1.82, 2.24) is 24.9 Å². The van der Waals surface area contributed by atoms with Gasteiger partial charge in [0.05, 0.1) is 23.4 Å². The van der Waals surface area contributed by atoms with Gasteiger partial charge in [0, 0.05) is 52.6 Å². The number of amides is 3. The second kappa shape index (κ2) is 8.91. The van der Waals surface area contributed by atoms with Crippen LogP contribution in [0.5, 0.6) is 0 Å². The van der Waals surface area contributed by atoms with Gasteiger partial charge in [-0.25, -0.2) is 0 Å². The summed E-state index contributed by atoms with van der Waals surface area (Å²) in [5.74, 6) is -0.264. The Morgan fingerprint density at radius 2 is 2.00 bits per heavy atom. The molecule has 4 rings (SSSR count). The Morgan fingerprint density at radius 1 is 1.23 bits per heavy atom. The number of carbonyl (C=O) groups excluding carboxylic acids is 3. The van der Waals surface area contributed by atoms with Gasteiger partial charge in [0.1, 0.15) is 0 Å². The summed E-state index contributed by atoms with van der Waals surface area (Å²) in [6.07, 6.45) is 3.62. The van der Waals surface area contributed by atoms with E-state index in [1.165, 1.54) is 0 Å². The molecule has 0 spiro atoms. The van der Waals surface area contributed by atoms with Gasteiger partial charge in [-0.3, -0.25) is 19.5 Å². The molecule has 0 radical (unpaired) electrons. The lowest BCUT2D eigenvalue weighted by Gasteiger charge is -2.34. The molecule has 8 heteroatoms. The van der Waals surface area contributed by atoms with E-state index >= 15 is 0 Å². The number of piperidine rings is 1. The maximum Gasteiger partial charge on any atom is 0.257 e. The van der Waals surface area contributed by atoms with Gasteiger partial charge in [0.25, 0.3) is 5.91 Å². The first-order chi connectivity index (χ1) is 14.9. The number of aromatic nitrogens is 2. The van der Waals surface area contributed by atoms with Gasteiger partial charge in [0.15, 0.2) is 0 Å². The normalized spacial score (nSPS) is 21.4. The van der Waals surface area contributed by atoms with Crippen molar-refractivity contribution in [2.24, 2.45) is 5.92 Å². The van der Waals surface area contributed by atoms with Crippen LogP contribution in [0.1, 0.15) is 46.8 Å². The Labute approximate surface area is 182 Å². The fourth-order valence-corrected chi connectivity index (χ4v) is 4.61. The minimum Gasteiger partial charge on any atom is -0.345 e. The van der Waals surface area contributed by atoms with Gasteiger partial charge in [-0.05, 0) is 18.4 Å². The van der Waals surface area contributed by atoms with Gasteiger partial charge in [0.2, 0.25) is 11.8 Å². The lowest BCUT2D eigenvalue weighted by Crippen LogP contribution is -2.43. The summed E-state index contributed by atoms with van der Waals surface area (Å²) < 4.78 is 0. The summed E-state index contributed by atoms with van der Waals surface area (Å²) in [4.78, 5) is 43.1. The van der Waals surface area contributed by atoms with E-state index in [1.807, 2.05) is 35.2 Å². The highest BCUT2D eigenvalue weighted by molar-refractivity contribution is 5.95. The molecule has 1 N–H and O–H groups in total. The molecule has 2 aliphatic heterocycles. The number of aromatic amines is 1. The summed E-state index contributed by atoms with van der Waals surface area (Å²) in [5.41, 5.74) is 2.42. The maximum absolute atomic E-state index is 13.1. The number of likely N-dealkylation sites (tertiary alicyclic amines) is 2. The monoisotopic (exact) mass is 423 g/mol. The van der Waals surface area contributed by atoms with E-state index < -0.39 is 0 Å². The van der Waals surface area contributed by atoms with Crippen LogP contribution in [0.3, 0.4) is 0 Å². The van der Waals surface area contributed by atoms with Crippen LogP contribution in [0, 0.1) is 5.92 Å². The molecule has 8 nitrogen and oxygen atoms in total. The van der Waals surface area contributed by atoms with Crippen molar-refractivity contribution < 1.29 is 14.4 Å². The first-order valence-corrected chi connectivity index (χ1v) is 10.8. The number of hydrogen-bond acceptors (Lipinski definition) is 4. The van der Waals surface area contributed by atoms with Crippen LogP contribution < -0.4 is 0 Å². The predicted molar refractivity (Wildman–Crippen MR) is 115 cm³/mol. The maximum atomic E-state index is 13.1. The van der Waals surface area contributed by atoms with E-state index in [4.69, 9.17) is 0 Å². The van der Waals surface area contributed by atoms with E-state index in [1.54, 1.807) is 30.1 Å². The average Bonchev–Trinajstić information content (AvgIpc) is 3.40. The first kappa shape index (κ1) is 21.1. The fourth-order valence-electron chi connectivity index (χ4n) is 4.61.